The van der Waals surface area contributed by atoms with Gasteiger partial charge in [-0.1, -0.05) is 55.4 Å². The molecule has 1 unspecified atom stereocenters. The molecule has 4 aliphatic rings. The zero-order valence-electron chi connectivity index (χ0n) is 42.7. The van der Waals surface area contributed by atoms with Crippen molar-refractivity contribution in [3.05, 3.63) is 112 Å². The molecule has 18 heteroatoms. The molecule has 4 aliphatic heterocycles. The smallest absolute Gasteiger partial charge is 0.243 e. The number of aliphatic hydroxyl groups is 1. The number of nitrogens with zero attached hydrogens (tertiary/aromatic N) is 10. The summed E-state index contributed by atoms with van der Waals surface area (Å²) in [5, 5.41) is 38.6. The van der Waals surface area contributed by atoms with Crippen molar-refractivity contribution in [3.8, 4) is 27.4 Å². The lowest BCUT2D eigenvalue weighted by atomic mass is 9.89. The number of carbonyl (C=O) groups is 2. The van der Waals surface area contributed by atoms with E-state index in [1.54, 1.807) is 23.5 Å². The number of benzene rings is 2. The maximum Gasteiger partial charge on any atom is 0.243 e. The van der Waals surface area contributed by atoms with E-state index in [0.717, 1.165) is 128 Å². The highest BCUT2D eigenvalue weighted by atomic mass is 32.1. The van der Waals surface area contributed by atoms with E-state index < -0.39 is 18.1 Å². The van der Waals surface area contributed by atoms with Gasteiger partial charge in [-0.25, -0.2) is 15.0 Å². The molecule has 7 aromatic rings. The number of nitrogens with one attached hydrogen (secondary N) is 2. The maximum absolute atomic E-state index is 14.3. The first-order valence-electron chi connectivity index (χ1n) is 26.4. The second-order valence-electron chi connectivity index (χ2n) is 21.2. The highest BCUT2D eigenvalue weighted by molar-refractivity contribution is 7.13. The summed E-state index contributed by atoms with van der Waals surface area (Å²) < 4.78 is 5.93. The Hall–Kier alpha value is -6.76. The lowest BCUT2D eigenvalue weighted by molar-refractivity contribution is -0.141. The topological polar surface area (TPSA) is 206 Å². The van der Waals surface area contributed by atoms with Crippen LogP contribution in [0.3, 0.4) is 0 Å². The molecular weight excluding hydrogens is 953 g/mol. The van der Waals surface area contributed by atoms with Crippen LogP contribution in [0.4, 0.5) is 11.8 Å². The minimum Gasteiger partial charge on any atom is -0.507 e. The van der Waals surface area contributed by atoms with Crippen LogP contribution in [-0.4, -0.2) is 125 Å². The Bertz CT molecular complexity index is 3080. The minimum atomic E-state index is -0.791. The molecule has 9 heterocycles. The van der Waals surface area contributed by atoms with Crippen LogP contribution < -0.4 is 15.1 Å². The van der Waals surface area contributed by atoms with Crippen LogP contribution in [0.1, 0.15) is 111 Å². The molecule has 17 nitrogen and oxygen atoms in total. The Morgan fingerprint density at radius 1 is 0.946 bits per heavy atom. The Balaban J connectivity index is 0.633. The molecule has 386 valence electrons. The van der Waals surface area contributed by atoms with Crippen molar-refractivity contribution in [2.45, 2.75) is 109 Å². The van der Waals surface area contributed by atoms with Gasteiger partial charge in [-0.05, 0) is 118 Å². The quantitative estimate of drug-likeness (QED) is 0.0812. The van der Waals surface area contributed by atoms with Crippen LogP contribution in [0.25, 0.3) is 32.7 Å². The molecule has 4 N–H and O–H groups in total. The normalized spacial score (nSPS) is 20.4. The molecule has 0 spiro atoms. The fourth-order valence-electron chi connectivity index (χ4n) is 11.9. The summed E-state index contributed by atoms with van der Waals surface area (Å²) in [7, 11) is 0. The first-order valence-corrected chi connectivity index (χ1v) is 27.3. The second-order valence-corrected chi connectivity index (χ2v) is 22.0. The van der Waals surface area contributed by atoms with E-state index in [-0.39, 0.29) is 42.5 Å². The molecule has 0 radical (unpaired) electrons. The van der Waals surface area contributed by atoms with Crippen LogP contribution in [0, 0.1) is 18.8 Å². The van der Waals surface area contributed by atoms with Crippen LogP contribution in [0.15, 0.2) is 83.1 Å². The van der Waals surface area contributed by atoms with Crippen LogP contribution in [-0.2, 0) is 22.6 Å². The molecule has 0 aliphatic carbocycles. The largest absolute Gasteiger partial charge is 0.507 e. The molecule has 4 atom stereocenters. The van der Waals surface area contributed by atoms with Gasteiger partial charge in [0.15, 0.2) is 17.2 Å². The number of amides is 2. The van der Waals surface area contributed by atoms with Crippen molar-refractivity contribution < 1.29 is 24.3 Å². The fraction of sp³-hybridized carbons (Fsp3) is 0.464. The Kier molecular flexibility index (Phi) is 14.2. The predicted octanol–water partition coefficient (Wildman–Crippen LogP) is 8.17. The summed E-state index contributed by atoms with van der Waals surface area (Å²) in [5.74, 6) is 1.94. The number of likely N-dealkylation sites (tertiary alicyclic amines) is 2. The number of phenolic OH excluding ortho intramolecular Hbond substituents is 1. The third kappa shape index (κ3) is 10.1. The highest BCUT2D eigenvalue weighted by Gasteiger charge is 2.43. The summed E-state index contributed by atoms with van der Waals surface area (Å²) >= 11 is 1.60. The van der Waals surface area contributed by atoms with E-state index in [1.807, 2.05) is 87.2 Å². The van der Waals surface area contributed by atoms with Crippen molar-refractivity contribution in [2.75, 3.05) is 55.6 Å². The molecule has 5 aromatic heterocycles. The van der Waals surface area contributed by atoms with Gasteiger partial charge in [-0.3, -0.25) is 9.59 Å². The Morgan fingerprint density at radius 2 is 1.72 bits per heavy atom. The molecule has 2 amide bonds. The van der Waals surface area contributed by atoms with E-state index in [1.165, 1.54) is 16.0 Å². The molecule has 2 aromatic carbocycles. The summed E-state index contributed by atoms with van der Waals surface area (Å²) in [6, 6.07) is 18.4. The van der Waals surface area contributed by atoms with Gasteiger partial charge < -0.3 is 44.6 Å². The average molecular weight is 1020 g/mol. The minimum absolute atomic E-state index is 0.0283. The number of aliphatic hydroxyl groups excluding tert-OH is 1. The lowest BCUT2D eigenvalue weighted by Gasteiger charge is -2.35. The fourth-order valence-corrected chi connectivity index (χ4v) is 12.7. The van der Waals surface area contributed by atoms with Gasteiger partial charge in [0.1, 0.15) is 17.7 Å². The number of aromatic amines is 1. The molecular formula is C56H66N12O5S. The van der Waals surface area contributed by atoms with Crippen molar-refractivity contribution in [2.24, 2.45) is 11.8 Å². The number of aryl methyl sites for hydroxylation is 1. The second kappa shape index (κ2) is 21.2. The van der Waals surface area contributed by atoms with Gasteiger partial charge in [0.2, 0.25) is 17.8 Å². The first-order chi connectivity index (χ1) is 35.9. The Morgan fingerprint density at radius 3 is 2.45 bits per heavy atom. The number of rotatable bonds is 14. The highest BCUT2D eigenvalue weighted by Crippen LogP contribution is 2.40. The summed E-state index contributed by atoms with van der Waals surface area (Å²) in [5.41, 5.74) is 10.4. The SMILES string of the molecule is Cc1ncsc1-c1ccc(CNC(=O)[C@@H]2C[C@@H](O)CN2C(=O)C(c2cc(N3CCC(CCN4CCC(c5cnc(N6CCc7[nH]c8nnc(-c9ccccc9O)cc8c7[C@@H]6C)nc5)CC4)CC3)no2)C(C)C)cc1. The number of carbonyl (C=O) groups excluding carboxylic acids is 2. The number of phenols is 1. The summed E-state index contributed by atoms with van der Waals surface area (Å²) in [6.07, 6.45) is 9.77. The van der Waals surface area contributed by atoms with Gasteiger partial charge in [0.25, 0.3) is 0 Å². The van der Waals surface area contributed by atoms with E-state index in [9.17, 15) is 19.8 Å². The van der Waals surface area contributed by atoms with E-state index in [0.29, 0.717) is 35.4 Å². The number of piperidine rings is 2. The Labute approximate surface area is 435 Å². The van der Waals surface area contributed by atoms with Crippen LogP contribution >= 0.6 is 11.3 Å². The number of hydrogen-bond acceptors (Lipinski definition) is 15. The van der Waals surface area contributed by atoms with Crippen molar-refractivity contribution in [1.29, 1.82) is 0 Å². The standard InChI is InChI=1S/C56H66N12O5S/c1-33(2)50(55(72)68-31-41(69)25-46(68)54(71)57-28-37-9-11-39(12-10-37)52-34(3)60-32-74-52)48-27-49(64-73-48)66-22-14-36(15-23-66)13-19-65-20-16-38(17-21-65)40-29-58-56(59-30-40)67-24-18-44-51(35(67)4)43-26-45(62-63-53(43)61-44)42-7-5-6-8-47(42)70/h5-12,26-27,29-30,32-33,35-36,38,41,46,50,69-70H,13-25,28,31H2,1-4H3,(H,57,71)(H,61,63)/t35-,41+,46-,50?/m0/s1. The molecule has 3 saturated heterocycles. The first kappa shape index (κ1) is 49.5. The van der Waals surface area contributed by atoms with Gasteiger partial charge in [0, 0.05) is 86.2 Å². The van der Waals surface area contributed by atoms with Crippen molar-refractivity contribution >= 4 is 46.0 Å². The van der Waals surface area contributed by atoms with Crippen LogP contribution in [0.5, 0.6) is 5.75 Å². The van der Waals surface area contributed by atoms with Crippen molar-refractivity contribution in [1.82, 2.24) is 50.4 Å². The molecule has 74 heavy (non-hydrogen) atoms. The number of fused-ring (bicyclic) bond motifs is 3. The molecule has 0 bridgehead atoms. The number of anilines is 2. The zero-order chi connectivity index (χ0) is 51.0. The number of thiazole rings is 1. The van der Waals surface area contributed by atoms with Gasteiger partial charge in [-0.15, -0.1) is 21.5 Å². The summed E-state index contributed by atoms with van der Waals surface area (Å²) in [6.45, 7) is 14.3. The van der Waals surface area contributed by atoms with Gasteiger partial charge in [-0.2, -0.15) is 0 Å². The average Bonchev–Trinajstić information content (AvgIpc) is 4.25. The molecule has 0 saturated carbocycles. The number of aromatic nitrogens is 7. The van der Waals surface area contributed by atoms with Gasteiger partial charge >= 0.3 is 0 Å². The molecule has 3 fully saturated rings. The monoisotopic (exact) mass is 1020 g/mol. The number of β-amino-alcohol motifs (C(OH)–C–C–N with tert-alkyl or cyclic N) is 1. The predicted molar refractivity (Wildman–Crippen MR) is 285 cm³/mol. The third-order valence-corrected chi connectivity index (χ3v) is 17.1. The maximum atomic E-state index is 14.3. The van der Waals surface area contributed by atoms with E-state index >= 15 is 0 Å². The number of aromatic hydroxyl groups is 1. The molecule has 11 rings (SSSR count). The van der Waals surface area contributed by atoms with E-state index in [2.05, 4.69) is 52.3 Å². The number of H-pyrrole nitrogens is 1. The van der Waals surface area contributed by atoms with Crippen LogP contribution in [0.2, 0.25) is 0 Å². The number of hydrogen-bond donors (Lipinski definition) is 4. The lowest BCUT2D eigenvalue weighted by Crippen LogP contribution is -2.48. The van der Waals surface area contributed by atoms with E-state index in [4.69, 9.17) is 14.5 Å². The summed E-state index contributed by atoms with van der Waals surface area (Å²) in [4.78, 5) is 55.4. The zero-order valence-corrected chi connectivity index (χ0v) is 43.5. The van der Waals surface area contributed by atoms with Gasteiger partial charge in [0.05, 0.1) is 33.9 Å². The number of para-hydroxylation sites is 1. The third-order valence-electron chi connectivity index (χ3n) is 16.2. The van der Waals surface area contributed by atoms with Crippen molar-refractivity contribution in [3.63, 3.8) is 0 Å².